The molecule has 5 rings (SSSR count). The van der Waals surface area contributed by atoms with Crippen LogP contribution in [0.15, 0.2) is 23.3 Å². The van der Waals surface area contributed by atoms with E-state index in [0.717, 1.165) is 18.9 Å². The summed E-state index contributed by atoms with van der Waals surface area (Å²) in [5.74, 6) is -1.18. The van der Waals surface area contributed by atoms with Crippen LogP contribution in [0.4, 0.5) is 15.9 Å². The smallest absolute Gasteiger partial charge is 0.342 e. The number of anilines is 1. The van der Waals surface area contributed by atoms with Crippen molar-refractivity contribution in [3.8, 4) is 5.75 Å². The predicted molar refractivity (Wildman–Crippen MR) is 141 cm³/mol. The van der Waals surface area contributed by atoms with E-state index in [-0.39, 0.29) is 40.3 Å². The van der Waals surface area contributed by atoms with E-state index in [9.17, 15) is 24.8 Å². The number of aromatic carboxylic acids is 1. The third kappa shape index (κ3) is 4.82. The number of carboxylic acids is 1. The van der Waals surface area contributed by atoms with Crippen LogP contribution >= 0.6 is 0 Å². The summed E-state index contributed by atoms with van der Waals surface area (Å²) >= 11 is 0. The first kappa shape index (κ1) is 26.6. The van der Waals surface area contributed by atoms with Crippen molar-refractivity contribution in [3.63, 3.8) is 0 Å². The molecule has 1 aromatic carbocycles. The van der Waals surface area contributed by atoms with Gasteiger partial charge in [0.15, 0.2) is 17.4 Å². The normalized spacial score (nSPS) is 18.1. The number of nitrogens with zero attached hydrogens (tertiary/aromatic N) is 6. The van der Waals surface area contributed by atoms with Gasteiger partial charge in [-0.25, -0.2) is 18.7 Å². The highest BCUT2D eigenvalue weighted by Gasteiger charge is 2.33. The van der Waals surface area contributed by atoms with Crippen molar-refractivity contribution in [2.24, 2.45) is 0 Å². The molecular weight excluding hydrogens is 511 g/mol. The second-order valence-corrected chi connectivity index (χ2v) is 10.2. The minimum Gasteiger partial charge on any atom is -0.492 e. The highest BCUT2D eigenvalue weighted by Crippen LogP contribution is 2.44. The number of rotatable bonds is 9. The number of methoxy groups -OCH3 is 1. The van der Waals surface area contributed by atoms with Crippen molar-refractivity contribution in [2.75, 3.05) is 38.2 Å². The molecule has 2 aliphatic rings. The van der Waals surface area contributed by atoms with Gasteiger partial charge < -0.3 is 29.4 Å². The van der Waals surface area contributed by atoms with Crippen LogP contribution in [-0.4, -0.2) is 74.3 Å². The summed E-state index contributed by atoms with van der Waals surface area (Å²) in [6, 6.07) is 1.22. The number of fused-ring (bicyclic) bond motifs is 1. The molecule has 2 aromatic heterocycles. The van der Waals surface area contributed by atoms with E-state index in [1.54, 1.807) is 16.1 Å². The highest BCUT2D eigenvalue weighted by atomic mass is 19.1. The summed E-state index contributed by atoms with van der Waals surface area (Å²) in [5.41, 5.74) is -0.441. The Bertz CT molecular complexity index is 1510. The molecule has 2 fully saturated rings. The standard InChI is InChI=1S/C26H31FN6O6/c1-15-13-30(10-9-29(15)7-4-8-31-16(2)28-12-21(31)33(37)38)23-20(27)11-18-22(25(23)39-3)32(17-5-6-17)14-19(24(18)34)26(35)36/h11-12,14-15,17H,4-10,13H2,1-3H3,(H,35,36). The SMILES string of the molecule is COc1c(N2CCN(CCCn3c([N+](=O)[O-])cnc3C)C(C)C2)c(F)cc2c(=O)c(C(=O)O)cn(C3CC3)c12. The Hall–Kier alpha value is -4.00. The summed E-state index contributed by atoms with van der Waals surface area (Å²) in [6.45, 7) is 6.62. The number of carboxylic acid groups (broad SMARTS) is 1. The Morgan fingerprint density at radius 3 is 2.67 bits per heavy atom. The number of halogens is 1. The molecule has 1 N–H and O–H groups in total. The van der Waals surface area contributed by atoms with Gasteiger partial charge in [0.1, 0.15) is 17.4 Å². The number of carbonyl (C=O) groups is 1. The first-order valence-electron chi connectivity index (χ1n) is 13.0. The number of piperazine rings is 1. The summed E-state index contributed by atoms with van der Waals surface area (Å²) in [4.78, 5) is 43.7. The Morgan fingerprint density at radius 2 is 2.05 bits per heavy atom. The molecule has 1 unspecified atom stereocenters. The van der Waals surface area contributed by atoms with Gasteiger partial charge in [0, 0.05) is 51.4 Å². The lowest BCUT2D eigenvalue weighted by atomic mass is 10.1. The lowest BCUT2D eigenvalue weighted by Crippen LogP contribution is -2.52. The van der Waals surface area contributed by atoms with E-state index in [1.807, 2.05) is 11.8 Å². The molecule has 0 bridgehead atoms. The molecule has 1 saturated heterocycles. The Kier molecular flexibility index (Phi) is 7.02. The number of aryl methyl sites for hydroxylation is 1. The number of nitro groups is 1. The molecule has 0 spiro atoms. The molecule has 3 heterocycles. The van der Waals surface area contributed by atoms with Crippen LogP contribution in [0.1, 0.15) is 48.4 Å². The van der Waals surface area contributed by atoms with Gasteiger partial charge in [-0.15, -0.1) is 0 Å². The molecular formula is C26H31FN6O6. The van der Waals surface area contributed by atoms with Crippen molar-refractivity contribution < 1.29 is 24.0 Å². The molecule has 1 atom stereocenters. The molecule has 12 nitrogen and oxygen atoms in total. The zero-order chi connectivity index (χ0) is 28.0. The Labute approximate surface area is 223 Å². The molecule has 39 heavy (non-hydrogen) atoms. The van der Waals surface area contributed by atoms with Crippen molar-refractivity contribution in [1.82, 2.24) is 19.0 Å². The fraction of sp³-hybridized carbons (Fsp3) is 0.500. The highest BCUT2D eigenvalue weighted by molar-refractivity contribution is 5.97. The number of hydrogen-bond donors (Lipinski definition) is 1. The fourth-order valence-corrected chi connectivity index (χ4v) is 5.56. The summed E-state index contributed by atoms with van der Waals surface area (Å²) in [6.07, 6.45) is 4.99. The first-order valence-corrected chi connectivity index (χ1v) is 13.0. The number of benzene rings is 1. The quantitative estimate of drug-likeness (QED) is 0.319. The van der Waals surface area contributed by atoms with Crippen LogP contribution in [0.3, 0.4) is 0 Å². The third-order valence-corrected chi connectivity index (χ3v) is 7.70. The van der Waals surface area contributed by atoms with Crippen molar-refractivity contribution in [2.45, 2.75) is 51.7 Å². The van der Waals surface area contributed by atoms with E-state index in [0.29, 0.717) is 50.5 Å². The average Bonchev–Trinajstić information content (AvgIpc) is 3.67. The average molecular weight is 543 g/mol. The van der Waals surface area contributed by atoms with E-state index >= 15 is 4.39 Å². The minimum atomic E-state index is -1.34. The monoisotopic (exact) mass is 542 g/mol. The lowest BCUT2D eigenvalue weighted by Gasteiger charge is -2.41. The molecule has 1 saturated carbocycles. The number of pyridine rings is 1. The van der Waals surface area contributed by atoms with E-state index < -0.39 is 22.1 Å². The van der Waals surface area contributed by atoms with Crippen LogP contribution in [0.2, 0.25) is 0 Å². The van der Waals surface area contributed by atoms with Crippen molar-refractivity contribution in [1.29, 1.82) is 0 Å². The first-order chi connectivity index (χ1) is 18.6. The van der Waals surface area contributed by atoms with Gasteiger partial charge in [0.25, 0.3) is 0 Å². The van der Waals surface area contributed by atoms with Crippen LogP contribution in [0.5, 0.6) is 5.75 Å². The molecule has 13 heteroatoms. The zero-order valence-electron chi connectivity index (χ0n) is 22.1. The Morgan fingerprint density at radius 1 is 1.31 bits per heavy atom. The number of imidazole rings is 1. The van der Waals surface area contributed by atoms with Crippen LogP contribution in [-0.2, 0) is 6.54 Å². The predicted octanol–water partition coefficient (Wildman–Crippen LogP) is 3.20. The zero-order valence-corrected chi connectivity index (χ0v) is 22.1. The van der Waals surface area contributed by atoms with E-state index in [1.165, 1.54) is 19.5 Å². The summed E-state index contributed by atoms with van der Waals surface area (Å²) < 4.78 is 24.7. The third-order valence-electron chi connectivity index (χ3n) is 7.70. The summed E-state index contributed by atoms with van der Waals surface area (Å²) in [7, 11) is 1.43. The lowest BCUT2D eigenvalue weighted by molar-refractivity contribution is -0.392. The second kappa shape index (κ2) is 10.3. The van der Waals surface area contributed by atoms with Crippen LogP contribution in [0.25, 0.3) is 10.9 Å². The van der Waals surface area contributed by atoms with Gasteiger partial charge in [-0.3, -0.25) is 9.69 Å². The molecule has 0 radical (unpaired) electrons. The number of hydrogen-bond acceptors (Lipinski definition) is 8. The molecule has 0 amide bonds. The number of ether oxygens (including phenoxy) is 1. The number of aromatic nitrogens is 3. The fourth-order valence-electron chi connectivity index (χ4n) is 5.56. The van der Waals surface area contributed by atoms with Gasteiger partial charge in [-0.1, -0.05) is 0 Å². The second-order valence-electron chi connectivity index (χ2n) is 10.2. The maximum absolute atomic E-state index is 15.6. The molecule has 3 aromatic rings. The topological polar surface area (TPSA) is 136 Å². The largest absolute Gasteiger partial charge is 0.492 e. The molecule has 1 aliphatic heterocycles. The molecule has 208 valence electrons. The van der Waals surface area contributed by atoms with Gasteiger partial charge in [-0.05, 0) is 37.2 Å². The Balaban J connectivity index is 1.39. The van der Waals surface area contributed by atoms with Crippen LogP contribution in [0, 0.1) is 22.9 Å². The molecule has 1 aliphatic carbocycles. The maximum atomic E-state index is 15.6. The van der Waals surface area contributed by atoms with Gasteiger partial charge in [0.05, 0.1) is 24.6 Å². The van der Waals surface area contributed by atoms with E-state index in [4.69, 9.17) is 4.74 Å². The van der Waals surface area contributed by atoms with E-state index in [2.05, 4.69) is 9.88 Å². The van der Waals surface area contributed by atoms with Gasteiger partial charge >= 0.3 is 11.8 Å². The van der Waals surface area contributed by atoms with Crippen molar-refractivity contribution >= 4 is 28.4 Å². The van der Waals surface area contributed by atoms with Crippen LogP contribution < -0.4 is 15.1 Å². The van der Waals surface area contributed by atoms with Crippen molar-refractivity contribution in [3.05, 3.63) is 56.0 Å². The minimum absolute atomic E-state index is 0.00419. The van der Waals surface area contributed by atoms with Gasteiger partial charge in [0.2, 0.25) is 5.43 Å². The maximum Gasteiger partial charge on any atom is 0.342 e. The summed E-state index contributed by atoms with van der Waals surface area (Å²) in [5, 5.41) is 20.8. The van der Waals surface area contributed by atoms with Gasteiger partial charge in [-0.2, -0.15) is 0 Å².